The van der Waals surface area contributed by atoms with Gasteiger partial charge in [-0.05, 0) is 142 Å². The van der Waals surface area contributed by atoms with Crippen molar-refractivity contribution >= 4 is 120 Å². The van der Waals surface area contributed by atoms with Crippen molar-refractivity contribution in [2.75, 3.05) is 10.2 Å². The highest BCUT2D eigenvalue weighted by atomic mass is 32.1. The molecule has 0 aliphatic carbocycles. The molecule has 13 rings (SSSR count). The van der Waals surface area contributed by atoms with Gasteiger partial charge in [0.2, 0.25) is 0 Å². The van der Waals surface area contributed by atoms with Crippen LogP contribution >= 0.6 is 22.7 Å². The predicted molar refractivity (Wildman–Crippen MR) is 291 cm³/mol. The molecule has 2 nitrogen and oxygen atoms in total. The fourth-order valence-corrected chi connectivity index (χ4v) is 13.1. The van der Waals surface area contributed by atoms with Gasteiger partial charge in [-0.25, -0.2) is 0 Å². The van der Waals surface area contributed by atoms with Crippen LogP contribution in [0.2, 0.25) is 0 Å². The quantitative estimate of drug-likeness (QED) is 0.167. The number of benzene rings is 10. The van der Waals surface area contributed by atoms with Crippen LogP contribution in [-0.2, 0) is 0 Å². The second-order valence-electron chi connectivity index (χ2n) is 17.9. The van der Waals surface area contributed by atoms with E-state index in [1.54, 1.807) is 0 Å². The van der Waals surface area contributed by atoms with Crippen LogP contribution in [0.25, 0.3) is 84.5 Å². The Kier molecular flexibility index (Phi) is 9.06. The van der Waals surface area contributed by atoms with E-state index in [4.69, 9.17) is 0 Å². The molecule has 1 aliphatic rings. The SMILES string of the molecule is Cc1cc(C)c(-c2cc(-c3c(Nc4ccc(-c5ccccc5)cc4)ccc4ccccc34)c3c(c2)N(c2ccc4c(c2)sc2ccccc24)c2cc4sc5ccccc5c4cc2B3)c(C)c1. The van der Waals surface area contributed by atoms with Gasteiger partial charge in [-0.15, -0.1) is 22.7 Å². The molecule has 1 aliphatic heterocycles. The summed E-state index contributed by atoms with van der Waals surface area (Å²) < 4.78 is 5.25. The molecule has 2 aromatic heterocycles. The van der Waals surface area contributed by atoms with E-state index in [1.807, 2.05) is 22.7 Å². The summed E-state index contributed by atoms with van der Waals surface area (Å²) in [7, 11) is 0.794. The maximum atomic E-state index is 3.96. The average Bonchev–Trinajstić information content (AvgIpc) is 3.90. The van der Waals surface area contributed by atoms with Crippen LogP contribution in [0.3, 0.4) is 0 Å². The third kappa shape index (κ3) is 6.37. The van der Waals surface area contributed by atoms with E-state index >= 15 is 0 Å². The van der Waals surface area contributed by atoms with Gasteiger partial charge in [0.05, 0.1) is 0 Å². The normalized spacial score (nSPS) is 12.3. The number of fused-ring (bicyclic) bond motifs is 9. The maximum Gasteiger partial charge on any atom is 0.198 e. The van der Waals surface area contributed by atoms with Crippen LogP contribution in [0.1, 0.15) is 16.7 Å². The lowest BCUT2D eigenvalue weighted by Crippen LogP contribution is -2.41. The summed E-state index contributed by atoms with van der Waals surface area (Å²) in [5, 5.41) is 11.7. The van der Waals surface area contributed by atoms with Gasteiger partial charge in [-0.1, -0.05) is 144 Å². The lowest BCUT2D eigenvalue weighted by atomic mass is 9.57. The Balaban J connectivity index is 1.10. The minimum atomic E-state index is 0.794. The molecule has 0 atom stereocenters. The Labute approximate surface area is 393 Å². The van der Waals surface area contributed by atoms with E-state index in [1.165, 1.54) is 129 Å². The van der Waals surface area contributed by atoms with Gasteiger partial charge in [-0.2, -0.15) is 0 Å². The summed E-state index contributed by atoms with van der Waals surface area (Å²) in [6.07, 6.45) is 0. The van der Waals surface area contributed by atoms with Gasteiger partial charge < -0.3 is 10.2 Å². The molecule has 0 saturated carbocycles. The zero-order valence-electron chi connectivity index (χ0n) is 36.9. The van der Waals surface area contributed by atoms with Crippen molar-refractivity contribution in [1.82, 2.24) is 0 Å². The van der Waals surface area contributed by atoms with E-state index in [0.29, 0.717) is 0 Å². The molecule has 0 fully saturated rings. The second-order valence-corrected chi connectivity index (χ2v) is 20.1. The molecule has 0 unspecified atom stereocenters. The van der Waals surface area contributed by atoms with Crippen molar-refractivity contribution in [2.24, 2.45) is 0 Å². The zero-order chi connectivity index (χ0) is 44.0. The first kappa shape index (κ1) is 39.0. The molecule has 10 aromatic carbocycles. The number of thiophene rings is 2. The smallest absolute Gasteiger partial charge is 0.198 e. The van der Waals surface area contributed by atoms with Gasteiger partial charge in [-0.3, -0.25) is 0 Å². The van der Waals surface area contributed by atoms with Crippen LogP contribution < -0.4 is 21.1 Å². The monoisotopic (exact) mass is 878 g/mol. The van der Waals surface area contributed by atoms with Crippen molar-refractivity contribution in [3.05, 3.63) is 211 Å². The molecule has 1 N–H and O–H groups in total. The largest absolute Gasteiger partial charge is 0.355 e. The fourth-order valence-electron chi connectivity index (χ4n) is 10.8. The van der Waals surface area contributed by atoms with Crippen molar-refractivity contribution in [2.45, 2.75) is 20.8 Å². The molecule has 66 heavy (non-hydrogen) atoms. The first-order valence-electron chi connectivity index (χ1n) is 22.8. The van der Waals surface area contributed by atoms with Crippen LogP contribution in [-0.4, -0.2) is 7.28 Å². The highest BCUT2D eigenvalue weighted by molar-refractivity contribution is 7.26. The molecule has 5 heteroatoms. The minimum Gasteiger partial charge on any atom is -0.355 e. The Morgan fingerprint density at radius 2 is 1.08 bits per heavy atom. The number of aryl methyl sites for hydroxylation is 3. The molecule has 312 valence electrons. The number of nitrogens with one attached hydrogen (secondary N) is 1. The van der Waals surface area contributed by atoms with Gasteiger partial charge in [0.25, 0.3) is 0 Å². The molecule has 0 saturated heterocycles. The first-order valence-corrected chi connectivity index (χ1v) is 24.4. The maximum absolute atomic E-state index is 3.96. The molecule has 12 aromatic rings. The minimum absolute atomic E-state index is 0.794. The van der Waals surface area contributed by atoms with Gasteiger partial charge in [0.1, 0.15) is 0 Å². The van der Waals surface area contributed by atoms with E-state index in [2.05, 4.69) is 225 Å². The van der Waals surface area contributed by atoms with Crippen LogP contribution in [0.15, 0.2) is 194 Å². The van der Waals surface area contributed by atoms with E-state index < -0.39 is 0 Å². The lowest BCUT2D eigenvalue weighted by molar-refractivity contribution is 1.30. The Hall–Kier alpha value is -7.44. The summed E-state index contributed by atoms with van der Waals surface area (Å²) >= 11 is 3.78. The molecule has 0 radical (unpaired) electrons. The third-order valence-electron chi connectivity index (χ3n) is 13.7. The number of nitrogens with zero attached hydrogens (tertiary/aromatic N) is 1. The van der Waals surface area contributed by atoms with E-state index in [0.717, 1.165) is 18.7 Å². The summed E-state index contributed by atoms with van der Waals surface area (Å²) in [6, 6.07) is 72.5. The molecule has 0 amide bonds. The standard InChI is InChI=1S/C61H43BN2S2/c1-36-29-37(2)59(38(3)30-36)42-31-50(60-45-16-8-7-15-41(45)23-28-52(60)63-43-24-21-40(22-25-43)39-13-5-4-6-14-39)61-54(32-42)64(44-26-27-48-46-17-9-11-19-55(46)65-57(48)33-44)53-35-58-49(34-51(53)62-61)47-18-10-12-20-56(47)66-58/h4-35,62-63H,1-3H3. The summed E-state index contributed by atoms with van der Waals surface area (Å²) in [5.74, 6) is 0. The molecule has 0 spiro atoms. The Morgan fingerprint density at radius 1 is 0.439 bits per heavy atom. The summed E-state index contributed by atoms with van der Waals surface area (Å²) in [5.41, 5.74) is 19.7. The van der Waals surface area contributed by atoms with Crippen LogP contribution in [0.5, 0.6) is 0 Å². The molecule has 3 heterocycles. The van der Waals surface area contributed by atoms with Gasteiger partial charge in [0.15, 0.2) is 7.28 Å². The number of hydrogen-bond acceptors (Lipinski definition) is 4. The highest BCUT2D eigenvalue weighted by Crippen LogP contribution is 2.47. The van der Waals surface area contributed by atoms with Gasteiger partial charge >= 0.3 is 0 Å². The fraction of sp³-hybridized carbons (Fsp3) is 0.0492. The first-order chi connectivity index (χ1) is 32.4. The lowest BCUT2D eigenvalue weighted by Gasteiger charge is -2.36. The van der Waals surface area contributed by atoms with E-state index in [9.17, 15) is 0 Å². The van der Waals surface area contributed by atoms with Crippen LogP contribution in [0.4, 0.5) is 28.4 Å². The predicted octanol–water partition coefficient (Wildman–Crippen LogP) is 16.4. The number of hydrogen-bond donors (Lipinski definition) is 1. The molecule has 0 bridgehead atoms. The van der Waals surface area contributed by atoms with Crippen molar-refractivity contribution in [1.29, 1.82) is 0 Å². The topological polar surface area (TPSA) is 15.3 Å². The van der Waals surface area contributed by atoms with Gasteiger partial charge in [0, 0.05) is 69.0 Å². The molecular weight excluding hydrogens is 836 g/mol. The van der Waals surface area contributed by atoms with Crippen LogP contribution in [0, 0.1) is 20.8 Å². The number of anilines is 5. The zero-order valence-corrected chi connectivity index (χ0v) is 38.6. The molecular formula is C61H43BN2S2. The highest BCUT2D eigenvalue weighted by Gasteiger charge is 2.31. The number of rotatable bonds is 6. The van der Waals surface area contributed by atoms with E-state index in [-0.39, 0.29) is 0 Å². The van der Waals surface area contributed by atoms with Crippen molar-refractivity contribution in [3.8, 4) is 33.4 Å². The Morgan fingerprint density at radius 3 is 1.83 bits per heavy atom. The summed E-state index contributed by atoms with van der Waals surface area (Å²) in [4.78, 5) is 2.59. The summed E-state index contributed by atoms with van der Waals surface area (Å²) in [6.45, 7) is 6.76. The third-order valence-corrected chi connectivity index (χ3v) is 16.0. The van der Waals surface area contributed by atoms with Crippen molar-refractivity contribution < 1.29 is 0 Å². The average molecular weight is 879 g/mol. The Bertz CT molecular complexity index is 3900. The second kappa shape index (κ2) is 15.3. The van der Waals surface area contributed by atoms with Crippen molar-refractivity contribution in [3.63, 3.8) is 0 Å².